The first-order valence-corrected chi connectivity index (χ1v) is 9.94. The molecule has 0 amide bonds. The van der Waals surface area contributed by atoms with E-state index in [0.717, 1.165) is 19.4 Å². The van der Waals surface area contributed by atoms with Gasteiger partial charge in [0.15, 0.2) is 0 Å². The standard InChI is InChI=1S/C9H23ClO3Si2/c1-4-11-9(12-5-2)15-7-14-6-13-8(3)10/h8-9H,4-7,14-15H2,1-3H3. The van der Waals surface area contributed by atoms with Crippen LogP contribution in [0.5, 0.6) is 0 Å². The summed E-state index contributed by atoms with van der Waals surface area (Å²) in [5.74, 6) is 0.112. The van der Waals surface area contributed by atoms with E-state index in [4.69, 9.17) is 25.8 Å². The Morgan fingerprint density at radius 3 is 2.20 bits per heavy atom. The third-order valence-electron chi connectivity index (χ3n) is 1.89. The van der Waals surface area contributed by atoms with Gasteiger partial charge in [0.05, 0.1) is 9.52 Å². The third-order valence-corrected chi connectivity index (χ3v) is 7.11. The summed E-state index contributed by atoms with van der Waals surface area (Å²) in [5, 5.41) is 0. The molecule has 0 aliphatic carbocycles. The van der Waals surface area contributed by atoms with Crippen LogP contribution in [0.4, 0.5) is 0 Å². The quantitative estimate of drug-likeness (QED) is 0.252. The maximum Gasteiger partial charge on any atom is 0.134 e. The molecule has 0 spiro atoms. The van der Waals surface area contributed by atoms with Crippen molar-refractivity contribution in [3.63, 3.8) is 0 Å². The Morgan fingerprint density at radius 2 is 1.73 bits per heavy atom. The van der Waals surface area contributed by atoms with Crippen LogP contribution in [0, 0.1) is 0 Å². The van der Waals surface area contributed by atoms with E-state index >= 15 is 0 Å². The summed E-state index contributed by atoms with van der Waals surface area (Å²) < 4.78 is 16.3. The van der Waals surface area contributed by atoms with Crippen molar-refractivity contribution in [2.24, 2.45) is 0 Å². The highest BCUT2D eigenvalue weighted by Gasteiger charge is 2.08. The minimum atomic E-state index is -0.247. The molecule has 0 rings (SSSR count). The molecule has 92 valence electrons. The molecule has 1 unspecified atom stereocenters. The number of ether oxygens (including phenoxy) is 3. The van der Waals surface area contributed by atoms with E-state index in [2.05, 4.69) is 0 Å². The van der Waals surface area contributed by atoms with Crippen molar-refractivity contribution in [2.75, 3.05) is 19.4 Å². The van der Waals surface area contributed by atoms with Gasteiger partial charge in [-0.2, -0.15) is 0 Å². The minimum absolute atomic E-state index is 0.112. The maximum atomic E-state index is 5.68. The number of hydrogen-bond donors (Lipinski definition) is 0. The van der Waals surface area contributed by atoms with Crippen LogP contribution in [0.3, 0.4) is 0 Å². The molecule has 0 radical (unpaired) electrons. The molecule has 0 aromatic heterocycles. The molecule has 0 aromatic rings. The molecular formula is C9H23ClO3Si2. The van der Waals surface area contributed by atoms with Crippen LogP contribution in [-0.4, -0.2) is 50.0 Å². The van der Waals surface area contributed by atoms with Crippen molar-refractivity contribution >= 4 is 30.6 Å². The second kappa shape index (κ2) is 11.1. The Morgan fingerprint density at radius 1 is 1.13 bits per heavy atom. The predicted octanol–water partition coefficient (Wildman–Crippen LogP) is 0.615. The highest BCUT2D eigenvalue weighted by Crippen LogP contribution is 1.97. The summed E-state index contributed by atoms with van der Waals surface area (Å²) in [6.07, 6.45) is 0.878. The molecule has 0 saturated carbocycles. The molecule has 0 N–H and O–H groups in total. The average Bonchev–Trinajstić information content (AvgIpc) is 2.17. The monoisotopic (exact) mass is 270 g/mol. The van der Waals surface area contributed by atoms with Crippen molar-refractivity contribution in [3.8, 4) is 0 Å². The zero-order chi connectivity index (χ0) is 11.5. The lowest BCUT2D eigenvalue weighted by Crippen LogP contribution is -2.26. The molecule has 0 fully saturated rings. The Balaban J connectivity index is 3.36. The highest BCUT2D eigenvalue weighted by atomic mass is 35.5. The summed E-state index contributed by atoms with van der Waals surface area (Å²) in [7, 11) is -0.361. The number of rotatable bonds is 10. The Hall–Kier alpha value is 0.604. The molecule has 0 bridgehead atoms. The maximum absolute atomic E-state index is 5.68. The zero-order valence-electron chi connectivity index (χ0n) is 10.0. The van der Waals surface area contributed by atoms with Crippen molar-refractivity contribution in [1.29, 1.82) is 0 Å². The van der Waals surface area contributed by atoms with Crippen molar-refractivity contribution in [1.82, 2.24) is 0 Å². The number of hydrogen-bond acceptors (Lipinski definition) is 3. The van der Waals surface area contributed by atoms with Gasteiger partial charge in [-0.3, -0.25) is 0 Å². The first kappa shape index (κ1) is 15.6. The normalized spacial score (nSPS) is 15.0. The van der Waals surface area contributed by atoms with Gasteiger partial charge in [0.2, 0.25) is 0 Å². The Kier molecular flexibility index (Phi) is 11.5. The van der Waals surface area contributed by atoms with Crippen LogP contribution >= 0.6 is 11.6 Å². The lowest BCUT2D eigenvalue weighted by Gasteiger charge is -2.16. The highest BCUT2D eigenvalue weighted by molar-refractivity contribution is 6.56. The fraction of sp³-hybridized carbons (Fsp3) is 1.00. The lowest BCUT2D eigenvalue weighted by atomic mass is 10.9. The van der Waals surface area contributed by atoms with Gasteiger partial charge in [-0.1, -0.05) is 17.3 Å². The fourth-order valence-electron chi connectivity index (χ4n) is 1.25. The first-order chi connectivity index (χ1) is 7.20. The second-order valence-corrected chi connectivity index (χ2v) is 9.05. The number of halogens is 1. The summed E-state index contributed by atoms with van der Waals surface area (Å²) in [6, 6.07) is 0. The van der Waals surface area contributed by atoms with E-state index in [1.54, 1.807) is 0 Å². The Bertz CT molecular complexity index is 133. The number of alkyl halides is 1. The van der Waals surface area contributed by atoms with Crippen LogP contribution in [0.1, 0.15) is 20.8 Å². The molecule has 0 aliphatic heterocycles. The van der Waals surface area contributed by atoms with Gasteiger partial charge in [0, 0.05) is 29.0 Å². The van der Waals surface area contributed by atoms with E-state index in [9.17, 15) is 0 Å². The van der Waals surface area contributed by atoms with E-state index in [-0.39, 0.29) is 30.5 Å². The topological polar surface area (TPSA) is 27.7 Å². The summed E-state index contributed by atoms with van der Waals surface area (Å²) in [5.41, 5.74) is 1.17. The smallest absolute Gasteiger partial charge is 0.134 e. The molecule has 0 aliphatic rings. The molecule has 15 heavy (non-hydrogen) atoms. The molecule has 0 aromatic carbocycles. The second-order valence-electron chi connectivity index (χ2n) is 3.25. The van der Waals surface area contributed by atoms with Gasteiger partial charge >= 0.3 is 0 Å². The third kappa shape index (κ3) is 10.9. The van der Waals surface area contributed by atoms with E-state index in [1.807, 2.05) is 20.8 Å². The molecule has 1 atom stereocenters. The molecule has 0 saturated heterocycles. The van der Waals surface area contributed by atoms with Gasteiger partial charge in [-0.25, -0.2) is 0 Å². The summed E-state index contributed by atoms with van der Waals surface area (Å²) in [6.45, 7) is 7.37. The van der Waals surface area contributed by atoms with E-state index < -0.39 is 0 Å². The van der Waals surface area contributed by atoms with E-state index in [1.165, 1.54) is 5.67 Å². The van der Waals surface area contributed by atoms with Crippen LogP contribution in [-0.2, 0) is 14.2 Å². The van der Waals surface area contributed by atoms with Gasteiger partial charge in [-0.05, 0) is 20.8 Å². The molecule has 0 heterocycles. The van der Waals surface area contributed by atoms with Crippen LogP contribution in [0.15, 0.2) is 0 Å². The van der Waals surface area contributed by atoms with E-state index in [0.29, 0.717) is 0 Å². The van der Waals surface area contributed by atoms with Gasteiger partial charge < -0.3 is 14.2 Å². The summed E-state index contributed by atoms with van der Waals surface area (Å²) >= 11 is 5.68. The summed E-state index contributed by atoms with van der Waals surface area (Å²) in [4.78, 5) is 0. The molecule has 3 nitrogen and oxygen atoms in total. The van der Waals surface area contributed by atoms with Crippen LogP contribution in [0.2, 0.25) is 5.67 Å². The van der Waals surface area contributed by atoms with Gasteiger partial charge in [-0.15, -0.1) is 0 Å². The average molecular weight is 271 g/mol. The minimum Gasteiger partial charge on any atom is -0.367 e. The molecular weight excluding hydrogens is 248 g/mol. The van der Waals surface area contributed by atoms with Gasteiger partial charge in [0.25, 0.3) is 0 Å². The zero-order valence-corrected chi connectivity index (χ0v) is 13.6. The fourth-order valence-corrected chi connectivity index (χ4v) is 6.11. The van der Waals surface area contributed by atoms with Crippen LogP contribution < -0.4 is 0 Å². The SMILES string of the molecule is CCOC(OCC)[SiH2]C[SiH2]COC(C)Cl. The predicted molar refractivity (Wildman–Crippen MR) is 70.2 cm³/mol. The largest absolute Gasteiger partial charge is 0.367 e. The van der Waals surface area contributed by atoms with Crippen molar-refractivity contribution in [2.45, 2.75) is 37.9 Å². The Labute approximate surface area is 102 Å². The van der Waals surface area contributed by atoms with Gasteiger partial charge in [0.1, 0.15) is 11.5 Å². The van der Waals surface area contributed by atoms with Crippen molar-refractivity contribution < 1.29 is 14.2 Å². The van der Waals surface area contributed by atoms with Crippen molar-refractivity contribution in [3.05, 3.63) is 0 Å². The molecule has 6 heteroatoms. The van der Waals surface area contributed by atoms with Crippen LogP contribution in [0.25, 0.3) is 0 Å². The first-order valence-electron chi connectivity index (χ1n) is 5.69. The lowest BCUT2D eigenvalue weighted by molar-refractivity contribution is -0.0824.